The topological polar surface area (TPSA) is 70.6 Å². The number of anilines is 1. The molecule has 2 saturated heterocycles. The van der Waals surface area contributed by atoms with Crippen molar-refractivity contribution in [1.82, 2.24) is 19.6 Å². The first-order valence-corrected chi connectivity index (χ1v) is 7.11. The van der Waals surface area contributed by atoms with Crippen molar-refractivity contribution in [3.63, 3.8) is 0 Å². The van der Waals surface area contributed by atoms with Crippen LogP contribution < -0.4 is 10.2 Å². The Bertz CT molecular complexity index is 460. The molecule has 1 N–H and O–H groups in total. The van der Waals surface area contributed by atoms with Crippen molar-refractivity contribution in [3.8, 4) is 0 Å². The number of piperazine rings is 1. The summed E-state index contributed by atoms with van der Waals surface area (Å²) in [6, 6.07) is 0.459. The molecule has 3 rings (SSSR count). The number of carbonyl (C=O) groups excluding carboxylic acids is 1. The van der Waals surface area contributed by atoms with Crippen LogP contribution in [0, 0.1) is 0 Å². The summed E-state index contributed by atoms with van der Waals surface area (Å²) < 4.78 is 9.26. The van der Waals surface area contributed by atoms with E-state index in [9.17, 15) is 4.79 Å². The maximum atomic E-state index is 11.3. The number of ether oxygens (including phenoxy) is 1. The van der Waals surface area contributed by atoms with E-state index in [0.29, 0.717) is 19.2 Å². The zero-order valence-electron chi connectivity index (χ0n) is 10.8. The van der Waals surface area contributed by atoms with Crippen LogP contribution in [0.3, 0.4) is 0 Å². The Hall–Kier alpha value is -1.25. The van der Waals surface area contributed by atoms with Crippen molar-refractivity contribution in [2.24, 2.45) is 0 Å². The van der Waals surface area contributed by atoms with Crippen LogP contribution in [0.1, 0.15) is 5.82 Å². The zero-order chi connectivity index (χ0) is 13.2. The Morgan fingerprint density at radius 1 is 1.53 bits per heavy atom. The summed E-state index contributed by atoms with van der Waals surface area (Å²) in [4.78, 5) is 20.2. The molecule has 0 unspecified atom stereocenters. The van der Waals surface area contributed by atoms with Gasteiger partial charge in [-0.15, -0.1) is 0 Å². The van der Waals surface area contributed by atoms with Crippen LogP contribution in [0.2, 0.25) is 0 Å². The number of hydrogen-bond donors (Lipinski definition) is 1. The lowest BCUT2D eigenvalue weighted by atomic mass is 10.1. The Balaban J connectivity index is 1.52. The van der Waals surface area contributed by atoms with Crippen LogP contribution in [0.5, 0.6) is 0 Å². The molecule has 19 heavy (non-hydrogen) atoms. The highest BCUT2D eigenvalue weighted by Crippen LogP contribution is 2.25. The van der Waals surface area contributed by atoms with Gasteiger partial charge in [-0.2, -0.15) is 4.37 Å². The van der Waals surface area contributed by atoms with Crippen molar-refractivity contribution >= 4 is 22.6 Å². The number of rotatable bonds is 4. The predicted molar refractivity (Wildman–Crippen MR) is 71.2 cm³/mol. The largest absolute Gasteiger partial charge is 0.377 e. The lowest BCUT2D eigenvalue weighted by molar-refractivity contribution is -0.125. The first-order chi connectivity index (χ1) is 9.26. The molecule has 1 amide bonds. The average Bonchev–Trinajstić information content (AvgIpc) is 2.76. The van der Waals surface area contributed by atoms with Gasteiger partial charge in [-0.25, -0.2) is 4.98 Å². The third kappa shape index (κ3) is 2.70. The molecule has 0 aliphatic carbocycles. The van der Waals surface area contributed by atoms with E-state index in [0.717, 1.165) is 37.1 Å². The lowest BCUT2D eigenvalue weighted by Gasteiger charge is -2.46. The van der Waals surface area contributed by atoms with Gasteiger partial charge in [0.15, 0.2) is 5.82 Å². The summed E-state index contributed by atoms with van der Waals surface area (Å²) in [7, 11) is 1.64. The quantitative estimate of drug-likeness (QED) is 0.788. The van der Waals surface area contributed by atoms with Gasteiger partial charge in [-0.05, 0) is 0 Å². The Labute approximate surface area is 115 Å². The molecule has 7 nitrogen and oxygen atoms in total. The third-order valence-corrected chi connectivity index (χ3v) is 4.26. The fourth-order valence-corrected chi connectivity index (χ4v) is 3.06. The maximum absolute atomic E-state index is 11.3. The van der Waals surface area contributed by atoms with Gasteiger partial charge in [0, 0.05) is 50.9 Å². The van der Waals surface area contributed by atoms with Crippen LogP contribution in [0.4, 0.5) is 5.13 Å². The molecule has 0 aromatic carbocycles. The highest BCUT2D eigenvalue weighted by atomic mass is 32.1. The smallest absolute Gasteiger partial charge is 0.234 e. The van der Waals surface area contributed by atoms with Gasteiger partial charge in [0.1, 0.15) is 6.61 Å². The van der Waals surface area contributed by atoms with Crippen LogP contribution in [0.15, 0.2) is 0 Å². The van der Waals surface area contributed by atoms with Gasteiger partial charge in [0.2, 0.25) is 11.0 Å². The molecule has 2 aliphatic rings. The molecule has 0 bridgehead atoms. The molecule has 2 aliphatic heterocycles. The van der Waals surface area contributed by atoms with Gasteiger partial charge >= 0.3 is 0 Å². The van der Waals surface area contributed by atoms with Crippen molar-refractivity contribution in [3.05, 3.63) is 5.82 Å². The predicted octanol–water partition coefficient (Wildman–Crippen LogP) is -0.695. The SMILES string of the molecule is COCc1nsc(N2CC(N3CCNC(=O)C3)C2)n1. The average molecular weight is 283 g/mol. The van der Waals surface area contributed by atoms with Crippen LogP contribution in [-0.2, 0) is 16.1 Å². The van der Waals surface area contributed by atoms with E-state index in [2.05, 4.69) is 24.5 Å². The molecule has 0 radical (unpaired) electrons. The van der Waals surface area contributed by atoms with E-state index in [1.165, 1.54) is 11.5 Å². The van der Waals surface area contributed by atoms with Gasteiger partial charge in [-0.1, -0.05) is 0 Å². The second-order valence-corrected chi connectivity index (χ2v) is 5.54. The van der Waals surface area contributed by atoms with Crippen molar-refractivity contribution in [2.45, 2.75) is 12.6 Å². The first kappa shape index (κ1) is 12.8. The van der Waals surface area contributed by atoms with Crippen LogP contribution in [0.25, 0.3) is 0 Å². The maximum Gasteiger partial charge on any atom is 0.234 e. The summed E-state index contributed by atoms with van der Waals surface area (Å²) in [5.74, 6) is 0.867. The Morgan fingerprint density at radius 2 is 2.37 bits per heavy atom. The van der Waals surface area contributed by atoms with E-state index >= 15 is 0 Å². The van der Waals surface area contributed by atoms with Crippen LogP contribution in [-0.4, -0.2) is 66.0 Å². The molecular formula is C11H17N5O2S. The van der Waals surface area contributed by atoms with E-state index in [1.807, 2.05) is 0 Å². The number of aromatic nitrogens is 2. The molecule has 8 heteroatoms. The van der Waals surface area contributed by atoms with Crippen molar-refractivity contribution in [1.29, 1.82) is 0 Å². The van der Waals surface area contributed by atoms with Gasteiger partial charge in [0.25, 0.3) is 0 Å². The lowest BCUT2D eigenvalue weighted by Crippen LogP contribution is -2.63. The normalized spacial score (nSPS) is 21.3. The second kappa shape index (κ2) is 5.40. The summed E-state index contributed by atoms with van der Waals surface area (Å²) in [6.07, 6.45) is 0. The number of carbonyl (C=O) groups is 1. The van der Waals surface area contributed by atoms with E-state index in [-0.39, 0.29) is 5.91 Å². The van der Waals surface area contributed by atoms with E-state index in [1.54, 1.807) is 7.11 Å². The number of methoxy groups -OCH3 is 1. The van der Waals surface area contributed by atoms with Gasteiger partial charge in [-0.3, -0.25) is 9.69 Å². The fraction of sp³-hybridized carbons (Fsp3) is 0.727. The molecule has 0 atom stereocenters. The molecule has 3 heterocycles. The minimum absolute atomic E-state index is 0.128. The van der Waals surface area contributed by atoms with Gasteiger partial charge < -0.3 is 15.0 Å². The zero-order valence-corrected chi connectivity index (χ0v) is 11.7. The highest BCUT2D eigenvalue weighted by molar-refractivity contribution is 7.09. The molecule has 2 fully saturated rings. The first-order valence-electron chi connectivity index (χ1n) is 6.33. The third-order valence-electron chi connectivity index (χ3n) is 3.45. The summed E-state index contributed by atoms with van der Waals surface area (Å²) in [5, 5.41) is 3.80. The fourth-order valence-electron chi connectivity index (χ4n) is 2.37. The number of nitrogens with one attached hydrogen (secondary N) is 1. The molecular weight excluding hydrogens is 266 g/mol. The van der Waals surface area contributed by atoms with Gasteiger partial charge in [0.05, 0.1) is 6.54 Å². The monoisotopic (exact) mass is 283 g/mol. The Kier molecular flexibility index (Phi) is 3.63. The number of amides is 1. The summed E-state index contributed by atoms with van der Waals surface area (Å²) >= 11 is 1.41. The summed E-state index contributed by atoms with van der Waals surface area (Å²) in [6.45, 7) is 4.52. The number of hydrogen-bond acceptors (Lipinski definition) is 7. The molecule has 1 aromatic rings. The van der Waals surface area contributed by atoms with Crippen molar-refractivity contribution < 1.29 is 9.53 Å². The number of nitrogens with zero attached hydrogens (tertiary/aromatic N) is 4. The second-order valence-electron chi connectivity index (χ2n) is 4.81. The van der Waals surface area contributed by atoms with E-state index < -0.39 is 0 Å². The summed E-state index contributed by atoms with van der Waals surface area (Å²) in [5.41, 5.74) is 0. The minimum Gasteiger partial charge on any atom is -0.377 e. The van der Waals surface area contributed by atoms with Crippen LogP contribution >= 0.6 is 11.5 Å². The highest BCUT2D eigenvalue weighted by Gasteiger charge is 2.35. The Morgan fingerprint density at radius 3 is 3.11 bits per heavy atom. The van der Waals surface area contributed by atoms with E-state index in [4.69, 9.17) is 4.74 Å². The standard InChI is InChI=1S/C11H17N5O2S/c1-18-7-9-13-11(19-14-9)16-4-8(5-16)15-3-2-12-10(17)6-15/h8H,2-7H2,1H3,(H,12,17). The van der Waals surface area contributed by atoms with Crippen molar-refractivity contribution in [2.75, 3.05) is 44.7 Å². The molecule has 1 aromatic heterocycles. The molecule has 0 saturated carbocycles. The minimum atomic E-state index is 0.128. The molecule has 104 valence electrons. The molecule has 0 spiro atoms.